The Labute approximate surface area is 91.9 Å². The van der Waals surface area contributed by atoms with Crippen LogP contribution in [0.5, 0.6) is 0 Å². The number of halogens is 1. The van der Waals surface area contributed by atoms with Gasteiger partial charge in [0.25, 0.3) is 0 Å². The largest absolute Gasteiger partial charge is 0.440 e. The Morgan fingerprint density at radius 3 is 3.00 bits per heavy atom. The molecular weight excluding hydrogens is 209 g/mol. The molecule has 1 N–H and O–H groups in total. The predicted molar refractivity (Wildman–Crippen MR) is 56.6 cm³/mol. The lowest BCUT2D eigenvalue weighted by atomic mass is 10.1. The molecule has 0 radical (unpaired) electrons. The smallest absolute Gasteiger partial charge is 0.198 e. The van der Waals surface area contributed by atoms with Crippen LogP contribution < -0.4 is 0 Å². The molecule has 2 atom stereocenters. The van der Waals surface area contributed by atoms with Gasteiger partial charge in [0, 0.05) is 12.0 Å². The van der Waals surface area contributed by atoms with E-state index in [9.17, 15) is 9.50 Å². The van der Waals surface area contributed by atoms with E-state index in [0.717, 1.165) is 12.8 Å². The molecule has 84 valence electrons. The lowest BCUT2D eigenvalue weighted by Crippen LogP contribution is -1.99. The molecule has 0 aliphatic heterocycles. The monoisotopic (exact) mass is 221 g/mol. The highest BCUT2D eigenvalue weighted by molar-refractivity contribution is 5.72. The number of oxazole rings is 1. The average molecular weight is 221 g/mol. The normalized spacial score (nSPS) is 25.4. The van der Waals surface area contributed by atoms with E-state index in [1.165, 1.54) is 12.1 Å². The summed E-state index contributed by atoms with van der Waals surface area (Å²) in [6.07, 6.45) is 2.11. The highest BCUT2D eigenvalue weighted by atomic mass is 19.1. The fourth-order valence-electron chi connectivity index (χ4n) is 2.27. The van der Waals surface area contributed by atoms with E-state index in [0.29, 0.717) is 23.4 Å². The number of fused-ring (bicyclic) bond motifs is 1. The summed E-state index contributed by atoms with van der Waals surface area (Å²) in [6, 6.07) is 4.33. The number of aliphatic hydroxyl groups is 1. The summed E-state index contributed by atoms with van der Waals surface area (Å²) in [7, 11) is 0. The van der Waals surface area contributed by atoms with E-state index in [1.54, 1.807) is 6.07 Å². The van der Waals surface area contributed by atoms with Gasteiger partial charge in [0.15, 0.2) is 11.5 Å². The van der Waals surface area contributed by atoms with Crippen molar-refractivity contribution in [2.75, 3.05) is 0 Å². The number of rotatable bonds is 1. The topological polar surface area (TPSA) is 46.3 Å². The molecule has 1 aromatic heterocycles. The second-order valence-electron chi connectivity index (χ2n) is 4.33. The average Bonchev–Trinajstić information content (AvgIpc) is 2.83. The maximum atomic E-state index is 13.0. The predicted octanol–water partition coefficient (Wildman–Crippen LogP) is 2.60. The minimum atomic E-state index is -0.318. The first-order chi connectivity index (χ1) is 7.72. The second-order valence-corrected chi connectivity index (χ2v) is 4.33. The lowest BCUT2D eigenvalue weighted by molar-refractivity contribution is 0.180. The molecule has 0 spiro atoms. The van der Waals surface area contributed by atoms with E-state index in [1.807, 2.05) is 0 Å². The molecule has 16 heavy (non-hydrogen) atoms. The van der Waals surface area contributed by atoms with Gasteiger partial charge in [0.1, 0.15) is 11.3 Å². The van der Waals surface area contributed by atoms with Crippen molar-refractivity contribution < 1.29 is 13.9 Å². The summed E-state index contributed by atoms with van der Waals surface area (Å²) >= 11 is 0. The SMILES string of the molecule is O[C@@H]1CC[C@H](c2nc3ccc(F)cc3o2)C1. The molecule has 1 saturated carbocycles. The third-order valence-corrected chi connectivity index (χ3v) is 3.12. The van der Waals surface area contributed by atoms with Crippen molar-refractivity contribution in [2.24, 2.45) is 0 Å². The van der Waals surface area contributed by atoms with E-state index in [2.05, 4.69) is 4.98 Å². The standard InChI is InChI=1S/C12H12FNO2/c13-8-2-4-10-11(6-8)16-12(14-10)7-1-3-9(15)5-7/h2,4,6-7,9,15H,1,3,5H2/t7-,9+/m0/s1. The van der Waals surface area contributed by atoms with E-state index >= 15 is 0 Å². The van der Waals surface area contributed by atoms with Crippen molar-refractivity contribution in [1.82, 2.24) is 4.98 Å². The van der Waals surface area contributed by atoms with Gasteiger partial charge >= 0.3 is 0 Å². The van der Waals surface area contributed by atoms with Gasteiger partial charge in [-0.2, -0.15) is 0 Å². The lowest BCUT2D eigenvalue weighted by Gasteiger charge is -2.01. The van der Waals surface area contributed by atoms with Crippen molar-refractivity contribution in [1.29, 1.82) is 0 Å². The summed E-state index contributed by atoms with van der Waals surface area (Å²) in [5.74, 6) is 0.476. The summed E-state index contributed by atoms with van der Waals surface area (Å²) in [5.41, 5.74) is 1.16. The second kappa shape index (κ2) is 3.56. The van der Waals surface area contributed by atoms with Crippen LogP contribution in [0.1, 0.15) is 31.1 Å². The quantitative estimate of drug-likeness (QED) is 0.805. The van der Waals surface area contributed by atoms with E-state index < -0.39 is 0 Å². The van der Waals surface area contributed by atoms with Crippen LogP contribution in [0.25, 0.3) is 11.1 Å². The minimum absolute atomic E-state index is 0.172. The van der Waals surface area contributed by atoms with Gasteiger partial charge in [-0.05, 0) is 31.4 Å². The van der Waals surface area contributed by atoms with Crippen molar-refractivity contribution in [2.45, 2.75) is 31.3 Å². The number of benzene rings is 1. The van der Waals surface area contributed by atoms with Gasteiger partial charge in [0.05, 0.1) is 6.10 Å². The first-order valence-corrected chi connectivity index (χ1v) is 5.46. The van der Waals surface area contributed by atoms with Crippen LogP contribution in [-0.4, -0.2) is 16.2 Å². The summed E-state index contributed by atoms with van der Waals surface area (Å²) in [5, 5.41) is 9.45. The number of hydrogen-bond acceptors (Lipinski definition) is 3. The number of aliphatic hydroxyl groups excluding tert-OH is 1. The van der Waals surface area contributed by atoms with Crippen molar-refractivity contribution in [3.8, 4) is 0 Å². The minimum Gasteiger partial charge on any atom is -0.440 e. The van der Waals surface area contributed by atoms with Gasteiger partial charge < -0.3 is 9.52 Å². The summed E-state index contributed by atoms with van der Waals surface area (Å²) in [4.78, 5) is 4.33. The van der Waals surface area contributed by atoms with Gasteiger partial charge in [-0.3, -0.25) is 0 Å². The van der Waals surface area contributed by atoms with Crippen LogP contribution in [-0.2, 0) is 0 Å². The Morgan fingerprint density at radius 2 is 2.25 bits per heavy atom. The molecule has 0 saturated heterocycles. The van der Waals surface area contributed by atoms with Crippen LogP contribution >= 0.6 is 0 Å². The Balaban J connectivity index is 1.99. The molecule has 1 aliphatic carbocycles. The van der Waals surface area contributed by atoms with Crippen LogP contribution in [0.4, 0.5) is 4.39 Å². The highest BCUT2D eigenvalue weighted by Crippen LogP contribution is 2.35. The molecule has 1 aromatic carbocycles. The zero-order valence-corrected chi connectivity index (χ0v) is 8.69. The van der Waals surface area contributed by atoms with Gasteiger partial charge in [0.2, 0.25) is 0 Å². The Hall–Kier alpha value is -1.42. The third kappa shape index (κ3) is 1.59. The molecule has 2 aromatic rings. The Morgan fingerprint density at radius 1 is 1.38 bits per heavy atom. The number of aromatic nitrogens is 1. The van der Waals surface area contributed by atoms with Crippen molar-refractivity contribution >= 4 is 11.1 Å². The number of nitrogens with zero attached hydrogens (tertiary/aromatic N) is 1. The molecular formula is C12H12FNO2. The molecule has 1 aliphatic rings. The molecule has 0 unspecified atom stereocenters. The Bertz CT molecular complexity index is 523. The van der Waals surface area contributed by atoms with Gasteiger partial charge in [-0.1, -0.05) is 0 Å². The first kappa shape index (κ1) is 9.78. The van der Waals surface area contributed by atoms with E-state index in [4.69, 9.17) is 4.42 Å². The molecule has 3 nitrogen and oxygen atoms in total. The van der Waals surface area contributed by atoms with Gasteiger partial charge in [-0.15, -0.1) is 0 Å². The van der Waals surface area contributed by atoms with E-state index in [-0.39, 0.29) is 17.8 Å². The van der Waals surface area contributed by atoms with Crippen LogP contribution in [0.2, 0.25) is 0 Å². The van der Waals surface area contributed by atoms with Crippen molar-refractivity contribution in [3.63, 3.8) is 0 Å². The fraction of sp³-hybridized carbons (Fsp3) is 0.417. The van der Waals surface area contributed by atoms with Crippen LogP contribution in [0.3, 0.4) is 0 Å². The maximum Gasteiger partial charge on any atom is 0.198 e. The molecule has 3 rings (SSSR count). The first-order valence-electron chi connectivity index (χ1n) is 5.46. The molecule has 0 amide bonds. The van der Waals surface area contributed by atoms with Crippen molar-refractivity contribution in [3.05, 3.63) is 29.9 Å². The molecule has 1 fully saturated rings. The van der Waals surface area contributed by atoms with Gasteiger partial charge in [-0.25, -0.2) is 9.37 Å². The Kier molecular flexibility index (Phi) is 2.17. The highest BCUT2D eigenvalue weighted by Gasteiger charge is 2.28. The zero-order valence-electron chi connectivity index (χ0n) is 8.69. The third-order valence-electron chi connectivity index (χ3n) is 3.12. The molecule has 1 heterocycles. The summed E-state index contributed by atoms with van der Waals surface area (Å²) in [6.45, 7) is 0. The molecule has 4 heteroatoms. The molecule has 0 bridgehead atoms. The van der Waals surface area contributed by atoms with Crippen LogP contribution in [0, 0.1) is 5.82 Å². The zero-order chi connectivity index (χ0) is 11.1. The van der Waals surface area contributed by atoms with Crippen LogP contribution in [0.15, 0.2) is 22.6 Å². The summed E-state index contributed by atoms with van der Waals surface area (Å²) < 4.78 is 18.5. The maximum absolute atomic E-state index is 13.0. The number of hydrogen-bond donors (Lipinski definition) is 1. The fourth-order valence-corrected chi connectivity index (χ4v) is 2.27.